The third-order valence-electron chi connectivity index (χ3n) is 3.36. The summed E-state index contributed by atoms with van der Waals surface area (Å²) in [5.41, 5.74) is 2.08. The monoisotopic (exact) mass is 339 g/mol. The lowest BCUT2D eigenvalue weighted by Crippen LogP contribution is -1.95. The normalized spacial score (nSPS) is 11.1. The van der Waals surface area contributed by atoms with Crippen LogP contribution < -0.4 is 4.74 Å². The van der Waals surface area contributed by atoms with Gasteiger partial charge in [0.2, 0.25) is 0 Å². The highest BCUT2D eigenvalue weighted by atomic mass is 32.1. The first kappa shape index (κ1) is 16.1. The lowest BCUT2D eigenvalue weighted by atomic mass is 10.1. The smallest absolute Gasteiger partial charge is 0.189 e. The van der Waals surface area contributed by atoms with Gasteiger partial charge in [-0.3, -0.25) is 9.48 Å². The molecule has 2 aromatic heterocycles. The molecular weight excluding hydrogens is 322 g/mol. The van der Waals surface area contributed by atoms with E-state index in [2.05, 4.69) is 10.1 Å². The Balaban J connectivity index is 1.61. The van der Waals surface area contributed by atoms with Gasteiger partial charge in [-0.2, -0.15) is 5.10 Å². The molecule has 0 aliphatic carbocycles. The first-order valence-electron chi connectivity index (χ1n) is 7.47. The standard InChI is InChI=1S/C18H17N3O2S/c1-13-16(10-21(2)20-13)17(22)9-8-14-12-24-18(19-14)11-23-15-6-4-3-5-7-15/h3-10,12H,11H2,1-2H3/b9-8-. The molecule has 0 saturated heterocycles. The minimum Gasteiger partial charge on any atom is -0.486 e. The molecule has 0 bridgehead atoms. The van der Waals surface area contributed by atoms with Crippen molar-refractivity contribution < 1.29 is 9.53 Å². The molecule has 0 radical (unpaired) electrons. The van der Waals surface area contributed by atoms with Crippen LogP contribution in [-0.4, -0.2) is 20.5 Å². The summed E-state index contributed by atoms with van der Waals surface area (Å²) in [7, 11) is 1.80. The zero-order chi connectivity index (χ0) is 16.9. The highest BCUT2D eigenvalue weighted by Crippen LogP contribution is 2.16. The molecule has 3 rings (SSSR count). The lowest BCUT2D eigenvalue weighted by Gasteiger charge is -2.02. The average molecular weight is 339 g/mol. The number of rotatable bonds is 6. The van der Waals surface area contributed by atoms with Crippen LogP contribution in [0.3, 0.4) is 0 Å². The highest BCUT2D eigenvalue weighted by molar-refractivity contribution is 7.09. The summed E-state index contributed by atoms with van der Waals surface area (Å²) >= 11 is 1.51. The van der Waals surface area contributed by atoms with E-state index in [0.29, 0.717) is 12.2 Å². The molecule has 0 spiro atoms. The summed E-state index contributed by atoms with van der Waals surface area (Å²) in [5, 5.41) is 6.95. The number of ether oxygens (including phenoxy) is 1. The molecule has 2 heterocycles. The number of carbonyl (C=O) groups excluding carboxylic acids is 1. The van der Waals surface area contributed by atoms with Gasteiger partial charge in [0.15, 0.2) is 5.78 Å². The number of thiazole rings is 1. The summed E-state index contributed by atoms with van der Waals surface area (Å²) in [6.07, 6.45) is 4.97. The maximum absolute atomic E-state index is 12.2. The van der Waals surface area contributed by atoms with E-state index in [0.717, 1.165) is 22.1 Å². The van der Waals surface area contributed by atoms with Gasteiger partial charge in [0.05, 0.1) is 17.0 Å². The molecular formula is C18H17N3O2S. The van der Waals surface area contributed by atoms with Gasteiger partial charge in [-0.1, -0.05) is 18.2 Å². The molecule has 0 aliphatic heterocycles. The van der Waals surface area contributed by atoms with Crippen molar-refractivity contribution in [3.05, 3.63) is 69.9 Å². The third-order valence-corrected chi connectivity index (χ3v) is 4.20. The van der Waals surface area contributed by atoms with Crippen LogP contribution in [0.15, 0.2) is 48.0 Å². The molecule has 24 heavy (non-hydrogen) atoms. The van der Waals surface area contributed by atoms with Crippen LogP contribution in [0.25, 0.3) is 6.08 Å². The van der Waals surface area contributed by atoms with Gasteiger partial charge in [0, 0.05) is 18.6 Å². The fourth-order valence-electron chi connectivity index (χ4n) is 2.22. The zero-order valence-electron chi connectivity index (χ0n) is 13.5. The van der Waals surface area contributed by atoms with Gasteiger partial charge in [-0.15, -0.1) is 11.3 Å². The average Bonchev–Trinajstić information content (AvgIpc) is 3.17. The Bertz CT molecular complexity index is 866. The summed E-state index contributed by atoms with van der Waals surface area (Å²) < 4.78 is 7.30. The number of allylic oxidation sites excluding steroid dienone is 1. The number of hydrogen-bond acceptors (Lipinski definition) is 5. The zero-order valence-corrected chi connectivity index (χ0v) is 14.3. The summed E-state index contributed by atoms with van der Waals surface area (Å²) in [6.45, 7) is 2.24. The minimum atomic E-state index is -0.0734. The molecule has 0 aliphatic rings. The van der Waals surface area contributed by atoms with Crippen LogP contribution in [0, 0.1) is 6.92 Å². The molecule has 0 fully saturated rings. The molecule has 0 amide bonds. The van der Waals surface area contributed by atoms with E-state index in [1.54, 1.807) is 24.0 Å². The van der Waals surface area contributed by atoms with Crippen molar-refractivity contribution in [1.29, 1.82) is 0 Å². The van der Waals surface area contributed by atoms with Crippen LogP contribution >= 0.6 is 11.3 Å². The fraction of sp³-hybridized carbons (Fsp3) is 0.167. The molecule has 0 atom stereocenters. The van der Waals surface area contributed by atoms with E-state index < -0.39 is 0 Å². The van der Waals surface area contributed by atoms with Crippen LogP contribution in [0.4, 0.5) is 0 Å². The predicted molar refractivity (Wildman–Crippen MR) is 94.2 cm³/mol. The maximum Gasteiger partial charge on any atom is 0.189 e. The number of aryl methyl sites for hydroxylation is 2. The largest absolute Gasteiger partial charge is 0.486 e. The van der Waals surface area contributed by atoms with E-state index in [1.807, 2.05) is 42.6 Å². The van der Waals surface area contributed by atoms with Gasteiger partial charge in [0.25, 0.3) is 0 Å². The number of aromatic nitrogens is 3. The molecule has 3 aromatic rings. The number of benzene rings is 1. The van der Waals surface area contributed by atoms with E-state index in [1.165, 1.54) is 17.4 Å². The lowest BCUT2D eigenvalue weighted by molar-refractivity contribution is 0.104. The summed E-state index contributed by atoms with van der Waals surface area (Å²) in [4.78, 5) is 16.6. The van der Waals surface area contributed by atoms with Gasteiger partial charge in [-0.25, -0.2) is 4.98 Å². The molecule has 0 unspecified atom stereocenters. The number of nitrogens with zero attached hydrogens (tertiary/aromatic N) is 3. The second-order valence-electron chi connectivity index (χ2n) is 5.27. The number of hydrogen-bond donors (Lipinski definition) is 0. The van der Waals surface area contributed by atoms with Crippen molar-refractivity contribution in [3.8, 4) is 5.75 Å². The van der Waals surface area contributed by atoms with Crippen LogP contribution in [0.2, 0.25) is 0 Å². The minimum absolute atomic E-state index is 0.0734. The Kier molecular flexibility index (Phi) is 4.86. The van der Waals surface area contributed by atoms with Crippen molar-refractivity contribution in [2.75, 3.05) is 0 Å². The third kappa shape index (κ3) is 3.97. The summed E-state index contributed by atoms with van der Waals surface area (Å²) in [5.74, 6) is 0.739. The van der Waals surface area contributed by atoms with Crippen molar-refractivity contribution in [3.63, 3.8) is 0 Å². The molecule has 5 nitrogen and oxygen atoms in total. The number of para-hydroxylation sites is 1. The maximum atomic E-state index is 12.2. The topological polar surface area (TPSA) is 57.0 Å². The second kappa shape index (κ2) is 7.23. The van der Waals surface area contributed by atoms with E-state index in [9.17, 15) is 4.79 Å². The number of ketones is 1. The molecule has 0 saturated carbocycles. The Morgan fingerprint density at radius 1 is 1.33 bits per heavy atom. The Hall–Kier alpha value is -2.73. The van der Waals surface area contributed by atoms with E-state index in [4.69, 9.17) is 4.74 Å². The van der Waals surface area contributed by atoms with Gasteiger partial charge < -0.3 is 4.74 Å². The van der Waals surface area contributed by atoms with Crippen LogP contribution in [0.1, 0.15) is 26.8 Å². The first-order chi connectivity index (χ1) is 11.6. The van der Waals surface area contributed by atoms with Gasteiger partial charge in [0.1, 0.15) is 17.4 Å². The molecule has 122 valence electrons. The van der Waals surface area contributed by atoms with Crippen molar-refractivity contribution in [2.45, 2.75) is 13.5 Å². The van der Waals surface area contributed by atoms with E-state index in [-0.39, 0.29) is 5.78 Å². The van der Waals surface area contributed by atoms with Crippen molar-refractivity contribution in [1.82, 2.24) is 14.8 Å². The number of carbonyl (C=O) groups is 1. The molecule has 6 heteroatoms. The van der Waals surface area contributed by atoms with Crippen LogP contribution in [0.5, 0.6) is 5.75 Å². The SMILES string of the molecule is Cc1nn(C)cc1C(=O)/C=C\c1csc(COc2ccccc2)n1. The highest BCUT2D eigenvalue weighted by Gasteiger charge is 2.09. The van der Waals surface area contributed by atoms with Crippen molar-refractivity contribution >= 4 is 23.2 Å². The van der Waals surface area contributed by atoms with Gasteiger partial charge in [-0.05, 0) is 31.2 Å². The molecule has 1 aromatic carbocycles. The van der Waals surface area contributed by atoms with Gasteiger partial charge >= 0.3 is 0 Å². The second-order valence-corrected chi connectivity index (χ2v) is 6.21. The first-order valence-corrected chi connectivity index (χ1v) is 8.34. The Morgan fingerprint density at radius 3 is 2.83 bits per heavy atom. The van der Waals surface area contributed by atoms with Crippen LogP contribution in [-0.2, 0) is 13.7 Å². The van der Waals surface area contributed by atoms with E-state index >= 15 is 0 Å². The van der Waals surface area contributed by atoms with Crippen molar-refractivity contribution in [2.24, 2.45) is 7.05 Å². The summed E-state index contributed by atoms with van der Waals surface area (Å²) in [6, 6.07) is 9.61. The quantitative estimate of drug-likeness (QED) is 0.508. The Morgan fingerprint density at radius 2 is 2.12 bits per heavy atom. The Labute approximate surface area is 144 Å². The fourth-order valence-corrected chi connectivity index (χ4v) is 2.90. The predicted octanol–water partition coefficient (Wildman–Crippen LogP) is 3.66. The molecule has 0 N–H and O–H groups in total.